The highest BCUT2D eigenvalue weighted by Crippen LogP contribution is 2.34. The van der Waals surface area contributed by atoms with E-state index in [1.54, 1.807) is 18.7 Å². The normalized spacial score (nSPS) is 19.5. The van der Waals surface area contributed by atoms with Gasteiger partial charge in [0.15, 0.2) is 0 Å². The molecule has 26 heavy (non-hydrogen) atoms. The Morgan fingerprint density at radius 3 is 2.96 bits per heavy atom. The fourth-order valence-corrected chi connectivity index (χ4v) is 3.91. The molecule has 2 aromatic heterocycles. The largest absolute Gasteiger partial charge is 0.371 e. The number of hydrogen-bond donors (Lipinski definition) is 1. The lowest BCUT2D eigenvalue weighted by Crippen LogP contribution is -2.56. The second-order valence-corrected chi connectivity index (χ2v) is 7.16. The van der Waals surface area contributed by atoms with Crippen LogP contribution in [0.5, 0.6) is 0 Å². The number of aromatic nitrogens is 3. The number of nitrogens with one attached hydrogen (secondary N) is 1. The minimum atomic E-state index is -0.112. The molecule has 3 heterocycles. The third-order valence-electron chi connectivity index (χ3n) is 5.32. The first-order valence-corrected chi connectivity index (χ1v) is 9.34. The van der Waals surface area contributed by atoms with Crippen molar-refractivity contribution in [3.05, 3.63) is 42.6 Å². The number of carbonyl (C=O) groups is 1. The van der Waals surface area contributed by atoms with Crippen LogP contribution in [0.15, 0.2) is 37.1 Å². The SMILES string of the molecule is O=C(NCc1ccnc(-n2ccnc2)c1)N1CCOC2(CCCCC2)C1. The predicted octanol–water partition coefficient (Wildman–Crippen LogP) is 2.51. The van der Waals surface area contributed by atoms with Crippen molar-refractivity contribution in [1.29, 1.82) is 0 Å². The van der Waals surface area contributed by atoms with Gasteiger partial charge in [0.05, 0.1) is 18.8 Å². The van der Waals surface area contributed by atoms with E-state index in [1.165, 1.54) is 19.3 Å². The third kappa shape index (κ3) is 3.72. The summed E-state index contributed by atoms with van der Waals surface area (Å²) >= 11 is 0. The minimum absolute atomic E-state index is 0.0146. The predicted molar refractivity (Wildman–Crippen MR) is 96.9 cm³/mol. The molecule has 1 saturated heterocycles. The number of ether oxygens (including phenoxy) is 1. The lowest BCUT2D eigenvalue weighted by atomic mass is 9.83. The molecule has 2 aliphatic rings. The van der Waals surface area contributed by atoms with Gasteiger partial charge in [-0.1, -0.05) is 19.3 Å². The average Bonchev–Trinajstić information content (AvgIpc) is 3.22. The van der Waals surface area contributed by atoms with E-state index in [0.717, 1.165) is 24.2 Å². The summed E-state index contributed by atoms with van der Waals surface area (Å²) in [4.78, 5) is 22.9. The van der Waals surface area contributed by atoms with Crippen molar-refractivity contribution in [1.82, 2.24) is 24.8 Å². The summed E-state index contributed by atoms with van der Waals surface area (Å²) < 4.78 is 7.92. The van der Waals surface area contributed by atoms with Crippen molar-refractivity contribution in [3.63, 3.8) is 0 Å². The van der Waals surface area contributed by atoms with Crippen LogP contribution in [0.1, 0.15) is 37.7 Å². The Bertz CT molecular complexity index is 735. The molecule has 1 spiro atoms. The highest BCUT2D eigenvalue weighted by Gasteiger charge is 2.39. The Labute approximate surface area is 153 Å². The molecule has 1 aliphatic heterocycles. The summed E-state index contributed by atoms with van der Waals surface area (Å²) in [5.74, 6) is 0.793. The molecule has 1 saturated carbocycles. The number of pyridine rings is 1. The second kappa shape index (κ2) is 7.45. The number of rotatable bonds is 3. The Hall–Kier alpha value is -2.41. The van der Waals surface area contributed by atoms with Gasteiger partial charge in [0.2, 0.25) is 0 Å². The van der Waals surface area contributed by atoms with Crippen LogP contribution in [0.25, 0.3) is 5.82 Å². The minimum Gasteiger partial charge on any atom is -0.371 e. The number of urea groups is 1. The topological polar surface area (TPSA) is 72.3 Å². The number of hydrogen-bond acceptors (Lipinski definition) is 4. The van der Waals surface area contributed by atoms with E-state index in [1.807, 2.05) is 27.8 Å². The monoisotopic (exact) mass is 355 g/mol. The molecule has 138 valence electrons. The summed E-state index contributed by atoms with van der Waals surface area (Å²) in [6, 6.07) is 3.87. The van der Waals surface area contributed by atoms with Crippen LogP contribution < -0.4 is 5.32 Å². The van der Waals surface area contributed by atoms with Gasteiger partial charge in [-0.3, -0.25) is 4.57 Å². The zero-order valence-electron chi connectivity index (χ0n) is 14.9. The standard InChI is InChI=1S/C19H25N5O2/c25-18(23-10-11-26-19(14-23)5-2-1-3-6-19)22-13-16-4-7-21-17(12-16)24-9-8-20-15-24/h4,7-9,12,15H,1-3,5-6,10-11,13-14H2,(H,22,25). The van der Waals surface area contributed by atoms with E-state index in [-0.39, 0.29) is 11.6 Å². The smallest absolute Gasteiger partial charge is 0.317 e. The molecule has 0 bridgehead atoms. The Balaban J connectivity index is 1.36. The maximum atomic E-state index is 12.6. The number of amides is 2. The summed E-state index contributed by atoms with van der Waals surface area (Å²) in [5, 5.41) is 3.04. The van der Waals surface area contributed by atoms with Crippen molar-refractivity contribution >= 4 is 6.03 Å². The first-order chi connectivity index (χ1) is 12.7. The van der Waals surface area contributed by atoms with Crippen LogP contribution in [-0.2, 0) is 11.3 Å². The van der Waals surface area contributed by atoms with Crippen LogP contribution in [0.2, 0.25) is 0 Å². The molecular weight excluding hydrogens is 330 g/mol. The summed E-state index contributed by atoms with van der Waals surface area (Å²) in [7, 11) is 0. The molecule has 2 fully saturated rings. The quantitative estimate of drug-likeness (QED) is 0.918. The molecule has 7 heteroatoms. The van der Waals surface area contributed by atoms with Gasteiger partial charge in [0, 0.05) is 31.7 Å². The first kappa shape index (κ1) is 17.0. The van der Waals surface area contributed by atoms with Gasteiger partial charge in [-0.2, -0.15) is 0 Å². The van der Waals surface area contributed by atoms with Crippen LogP contribution in [-0.4, -0.2) is 50.8 Å². The highest BCUT2D eigenvalue weighted by atomic mass is 16.5. The lowest BCUT2D eigenvalue weighted by Gasteiger charge is -2.44. The number of imidazole rings is 1. The van der Waals surface area contributed by atoms with E-state index in [2.05, 4.69) is 15.3 Å². The number of nitrogens with zero attached hydrogens (tertiary/aromatic N) is 4. The molecule has 7 nitrogen and oxygen atoms in total. The third-order valence-corrected chi connectivity index (χ3v) is 5.32. The molecule has 0 aromatic carbocycles. The van der Waals surface area contributed by atoms with Crippen LogP contribution in [0, 0.1) is 0 Å². The van der Waals surface area contributed by atoms with Gasteiger partial charge in [0.25, 0.3) is 0 Å². The van der Waals surface area contributed by atoms with Gasteiger partial charge in [-0.15, -0.1) is 0 Å². The van der Waals surface area contributed by atoms with E-state index < -0.39 is 0 Å². The molecule has 2 amide bonds. The van der Waals surface area contributed by atoms with E-state index in [0.29, 0.717) is 26.2 Å². The van der Waals surface area contributed by atoms with Gasteiger partial charge in [-0.25, -0.2) is 14.8 Å². The molecule has 2 aromatic rings. The Kier molecular flexibility index (Phi) is 4.88. The highest BCUT2D eigenvalue weighted by molar-refractivity contribution is 5.74. The lowest BCUT2D eigenvalue weighted by molar-refractivity contribution is -0.116. The van der Waals surface area contributed by atoms with Crippen molar-refractivity contribution in [2.75, 3.05) is 19.7 Å². The zero-order chi connectivity index (χ0) is 17.8. The molecule has 0 radical (unpaired) electrons. The second-order valence-electron chi connectivity index (χ2n) is 7.16. The summed E-state index contributed by atoms with van der Waals surface area (Å²) in [6.07, 6.45) is 12.8. The molecule has 0 atom stereocenters. The van der Waals surface area contributed by atoms with Gasteiger partial charge in [0.1, 0.15) is 12.1 Å². The van der Waals surface area contributed by atoms with Crippen molar-refractivity contribution < 1.29 is 9.53 Å². The molecule has 4 rings (SSSR count). The fourth-order valence-electron chi connectivity index (χ4n) is 3.91. The van der Waals surface area contributed by atoms with E-state index in [4.69, 9.17) is 4.74 Å². The van der Waals surface area contributed by atoms with Gasteiger partial charge < -0.3 is 15.0 Å². The summed E-state index contributed by atoms with van der Waals surface area (Å²) in [6.45, 7) is 2.47. The van der Waals surface area contributed by atoms with E-state index >= 15 is 0 Å². The van der Waals surface area contributed by atoms with Gasteiger partial charge in [-0.05, 0) is 30.5 Å². The van der Waals surface area contributed by atoms with Crippen LogP contribution in [0.3, 0.4) is 0 Å². The molecule has 1 N–H and O–H groups in total. The van der Waals surface area contributed by atoms with E-state index in [9.17, 15) is 4.79 Å². The van der Waals surface area contributed by atoms with Gasteiger partial charge >= 0.3 is 6.03 Å². The maximum absolute atomic E-state index is 12.6. The fraction of sp³-hybridized carbons (Fsp3) is 0.526. The van der Waals surface area contributed by atoms with Crippen molar-refractivity contribution in [2.45, 2.75) is 44.2 Å². The Morgan fingerprint density at radius 2 is 2.15 bits per heavy atom. The van der Waals surface area contributed by atoms with Crippen LogP contribution >= 0.6 is 0 Å². The number of carbonyl (C=O) groups excluding carboxylic acids is 1. The maximum Gasteiger partial charge on any atom is 0.317 e. The average molecular weight is 355 g/mol. The molecule has 0 unspecified atom stereocenters. The Morgan fingerprint density at radius 1 is 1.27 bits per heavy atom. The molecule has 1 aliphatic carbocycles. The van der Waals surface area contributed by atoms with Crippen molar-refractivity contribution in [3.8, 4) is 5.82 Å². The molecular formula is C19H25N5O2. The zero-order valence-corrected chi connectivity index (χ0v) is 14.9. The summed E-state index contributed by atoms with van der Waals surface area (Å²) in [5.41, 5.74) is 0.900. The van der Waals surface area contributed by atoms with Crippen LogP contribution in [0.4, 0.5) is 4.79 Å². The number of morpholine rings is 1. The first-order valence-electron chi connectivity index (χ1n) is 9.34. The van der Waals surface area contributed by atoms with Crippen molar-refractivity contribution in [2.24, 2.45) is 0 Å².